The number of aromatic nitrogens is 2. The van der Waals surface area contributed by atoms with Crippen molar-refractivity contribution < 1.29 is 0 Å². The molecule has 2 heterocycles. The molecule has 0 unspecified atom stereocenters. The second-order valence-corrected chi connectivity index (χ2v) is 6.79. The van der Waals surface area contributed by atoms with Crippen LogP contribution in [-0.2, 0) is 12.8 Å². The number of fused-ring (bicyclic) bond motifs is 1. The number of hydrogen-bond donors (Lipinski definition) is 1. The summed E-state index contributed by atoms with van der Waals surface area (Å²) in [5.74, 6) is 0. The predicted molar refractivity (Wildman–Crippen MR) is 86.3 cm³/mol. The second kappa shape index (κ2) is 4.98. The van der Waals surface area contributed by atoms with Crippen LogP contribution in [-0.4, -0.2) is 16.6 Å². The van der Waals surface area contributed by atoms with Crippen molar-refractivity contribution in [2.45, 2.75) is 44.6 Å². The van der Waals surface area contributed by atoms with Gasteiger partial charge < -0.3 is 9.88 Å². The molecule has 0 spiro atoms. The topological polar surface area (TPSA) is 46.9 Å². The molecular weight excluding hydrogens is 282 g/mol. The molecule has 1 saturated carbocycles. The van der Waals surface area contributed by atoms with E-state index in [9.17, 15) is 4.79 Å². The van der Waals surface area contributed by atoms with E-state index in [0.717, 1.165) is 42.1 Å². The maximum atomic E-state index is 12.9. The lowest BCUT2D eigenvalue weighted by Crippen LogP contribution is -2.27. The third kappa shape index (κ3) is 2.20. The molecule has 5 heteroatoms. The van der Waals surface area contributed by atoms with Crippen LogP contribution in [0, 0.1) is 0 Å². The van der Waals surface area contributed by atoms with Gasteiger partial charge in [0.25, 0.3) is 5.56 Å². The van der Waals surface area contributed by atoms with E-state index < -0.39 is 0 Å². The molecule has 0 saturated heterocycles. The average molecular weight is 301 g/mol. The van der Waals surface area contributed by atoms with Gasteiger partial charge in [0.15, 0.2) is 5.13 Å². The van der Waals surface area contributed by atoms with Gasteiger partial charge >= 0.3 is 0 Å². The number of nitrogens with one attached hydrogen (secondary N) is 1. The number of anilines is 1. The van der Waals surface area contributed by atoms with E-state index in [2.05, 4.69) is 20.9 Å². The molecule has 4 nitrogen and oxygen atoms in total. The van der Waals surface area contributed by atoms with Gasteiger partial charge in [-0.25, -0.2) is 4.98 Å². The van der Waals surface area contributed by atoms with Crippen LogP contribution in [0.25, 0.3) is 11.3 Å². The van der Waals surface area contributed by atoms with Crippen LogP contribution in [0.1, 0.15) is 43.0 Å². The molecule has 110 valence electrons. The number of nitrogens with zero attached hydrogens (tertiary/aromatic N) is 2. The van der Waals surface area contributed by atoms with Crippen LogP contribution in [0.4, 0.5) is 5.13 Å². The number of aryl methyl sites for hydroxylation is 1. The van der Waals surface area contributed by atoms with Crippen molar-refractivity contribution in [1.29, 1.82) is 0 Å². The summed E-state index contributed by atoms with van der Waals surface area (Å²) in [5, 5.41) is 5.89. The number of thiazole rings is 1. The summed E-state index contributed by atoms with van der Waals surface area (Å²) in [7, 11) is 1.86. The lowest BCUT2D eigenvalue weighted by molar-refractivity contribution is 0.584. The standard InChI is InChI=1S/C16H19N3OS/c1-17-16-18-13(9-21-16)12-8-10-4-2-3-5-14(10)19(15(12)20)11-6-7-11/h8-9,11H,2-7H2,1H3,(H,17,18). The van der Waals surface area contributed by atoms with E-state index in [-0.39, 0.29) is 5.56 Å². The summed E-state index contributed by atoms with van der Waals surface area (Å²) in [6.07, 6.45) is 6.88. The third-order valence-corrected chi connectivity index (χ3v) is 5.30. The molecule has 1 fully saturated rings. The van der Waals surface area contributed by atoms with Crippen molar-refractivity contribution >= 4 is 16.5 Å². The quantitative estimate of drug-likeness (QED) is 0.947. The molecular formula is C16H19N3OS. The van der Waals surface area contributed by atoms with Crippen LogP contribution in [0.15, 0.2) is 16.2 Å². The first-order valence-electron chi connectivity index (χ1n) is 7.69. The molecule has 1 N–H and O–H groups in total. The Morgan fingerprint density at radius 1 is 1.33 bits per heavy atom. The number of rotatable bonds is 3. The van der Waals surface area contributed by atoms with Gasteiger partial charge in [-0.3, -0.25) is 4.79 Å². The summed E-state index contributed by atoms with van der Waals surface area (Å²) < 4.78 is 2.09. The van der Waals surface area contributed by atoms with Crippen molar-refractivity contribution in [3.05, 3.63) is 33.1 Å². The summed E-state index contributed by atoms with van der Waals surface area (Å²) in [6.45, 7) is 0. The molecule has 0 radical (unpaired) electrons. The molecule has 0 aliphatic heterocycles. The third-order valence-electron chi connectivity index (χ3n) is 4.44. The molecule has 4 rings (SSSR count). The minimum atomic E-state index is 0.158. The molecule has 2 aliphatic carbocycles. The summed E-state index contributed by atoms with van der Waals surface area (Å²) >= 11 is 1.55. The highest BCUT2D eigenvalue weighted by Crippen LogP contribution is 2.37. The summed E-state index contributed by atoms with van der Waals surface area (Å²) in [5.41, 5.74) is 4.41. The first-order chi connectivity index (χ1) is 10.3. The molecule has 2 aromatic heterocycles. The molecule has 0 aromatic carbocycles. The van der Waals surface area contributed by atoms with E-state index in [1.165, 1.54) is 24.1 Å². The van der Waals surface area contributed by atoms with E-state index in [1.807, 2.05) is 12.4 Å². The Kier molecular flexibility index (Phi) is 3.10. The smallest absolute Gasteiger partial charge is 0.260 e. The Morgan fingerprint density at radius 2 is 2.14 bits per heavy atom. The Hall–Kier alpha value is -1.62. The lowest BCUT2D eigenvalue weighted by Gasteiger charge is -2.22. The average Bonchev–Trinajstić information content (AvgIpc) is 3.23. The van der Waals surface area contributed by atoms with E-state index in [1.54, 1.807) is 11.3 Å². The molecule has 21 heavy (non-hydrogen) atoms. The Bertz CT molecular complexity index is 742. The van der Waals surface area contributed by atoms with Crippen LogP contribution in [0.2, 0.25) is 0 Å². The van der Waals surface area contributed by atoms with Crippen LogP contribution in [0.3, 0.4) is 0 Å². The van der Waals surface area contributed by atoms with Crippen molar-refractivity contribution in [2.75, 3.05) is 12.4 Å². The summed E-state index contributed by atoms with van der Waals surface area (Å²) in [4.78, 5) is 17.5. The van der Waals surface area contributed by atoms with Crippen LogP contribution in [0.5, 0.6) is 0 Å². The predicted octanol–water partition coefficient (Wildman–Crippen LogP) is 3.23. The SMILES string of the molecule is CNc1nc(-c2cc3c(n(C4CC4)c2=O)CCCC3)cs1. The van der Waals surface area contributed by atoms with Gasteiger partial charge in [-0.2, -0.15) is 0 Å². The normalized spacial score (nSPS) is 17.6. The highest BCUT2D eigenvalue weighted by molar-refractivity contribution is 7.14. The fourth-order valence-electron chi connectivity index (χ4n) is 3.25. The molecule has 0 atom stereocenters. The zero-order valence-electron chi connectivity index (χ0n) is 12.2. The highest BCUT2D eigenvalue weighted by Gasteiger charge is 2.30. The van der Waals surface area contributed by atoms with Crippen LogP contribution >= 0.6 is 11.3 Å². The molecule has 2 aromatic rings. The monoisotopic (exact) mass is 301 g/mol. The minimum Gasteiger partial charge on any atom is -0.365 e. The van der Waals surface area contributed by atoms with Gasteiger partial charge in [-0.1, -0.05) is 0 Å². The first kappa shape index (κ1) is 13.1. The van der Waals surface area contributed by atoms with E-state index in [4.69, 9.17) is 0 Å². The van der Waals surface area contributed by atoms with Gasteiger partial charge in [0, 0.05) is 24.2 Å². The fraction of sp³-hybridized carbons (Fsp3) is 0.500. The number of pyridine rings is 1. The molecule has 2 aliphatic rings. The maximum absolute atomic E-state index is 12.9. The Morgan fingerprint density at radius 3 is 2.86 bits per heavy atom. The van der Waals surface area contributed by atoms with Crippen molar-refractivity contribution in [1.82, 2.24) is 9.55 Å². The first-order valence-corrected chi connectivity index (χ1v) is 8.57. The molecule has 0 amide bonds. The fourth-order valence-corrected chi connectivity index (χ4v) is 3.92. The van der Waals surface area contributed by atoms with Crippen molar-refractivity contribution in [2.24, 2.45) is 0 Å². The van der Waals surface area contributed by atoms with Crippen LogP contribution < -0.4 is 10.9 Å². The van der Waals surface area contributed by atoms with Gasteiger partial charge in [-0.15, -0.1) is 11.3 Å². The van der Waals surface area contributed by atoms with Gasteiger partial charge in [0.2, 0.25) is 0 Å². The Labute approximate surface area is 127 Å². The van der Waals surface area contributed by atoms with Gasteiger partial charge in [0.1, 0.15) is 0 Å². The van der Waals surface area contributed by atoms with E-state index in [0.29, 0.717) is 6.04 Å². The Balaban J connectivity index is 1.91. The second-order valence-electron chi connectivity index (χ2n) is 5.93. The van der Waals surface area contributed by atoms with E-state index >= 15 is 0 Å². The minimum absolute atomic E-state index is 0.158. The van der Waals surface area contributed by atoms with Crippen molar-refractivity contribution in [3.8, 4) is 11.3 Å². The van der Waals surface area contributed by atoms with Gasteiger partial charge in [0.05, 0.1) is 11.3 Å². The number of hydrogen-bond acceptors (Lipinski definition) is 4. The van der Waals surface area contributed by atoms with Gasteiger partial charge in [-0.05, 0) is 50.2 Å². The zero-order chi connectivity index (χ0) is 14.4. The van der Waals surface area contributed by atoms with Crippen molar-refractivity contribution in [3.63, 3.8) is 0 Å². The largest absolute Gasteiger partial charge is 0.365 e. The lowest BCUT2D eigenvalue weighted by atomic mass is 9.94. The maximum Gasteiger partial charge on any atom is 0.260 e. The highest BCUT2D eigenvalue weighted by atomic mass is 32.1. The molecule has 0 bridgehead atoms. The zero-order valence-corrected chi connectivity index (χ0v) is 13.0. The summed E-state index contributed by atoms with van der Waals surface area (Å²) in [6, 6.07) is 2.54.